The first-order chi connectivity index (χ1) is 39.1. The lowest BCUT2D eigenvalue weighted by Crippen LogP contribution is -2.12. The van der Waals surface area contributed by atoms with Crippen molar-refractivity contribution >= 4 is 46.6 Å². The van der Waals surface area contributed by atoms with E-state index in [0.717, 1.165) is 84.1 Å². The highest BCUT2D eigenvalue weighted by molar-refractivity contribution is 6.30. The Balaban J connectivity index is 0.000000194. The van der Waals surface area contributed by atoms with Crippen LogP contribution in [0.5, 0.6) is 0 Å². The van der Waals surface area contributed by atoms with E-state index in [9.17, 15) is 14.4 Å². The molecule has 10 heteroatoms. The highest BCUT2D eigenvalue weighted by Crippen LogP contribution is 2.33. The number of rotatable bonds is 26. The fourth-order valence-corrected chi connectivity index (χ4v) is 11.9. The Kier molecular flexibility index (Phi) is 28.9. The number of hydrogen-bond donors (Lipinski definition) is 3. The number of carbonyl (C=O) groups is 3. The molecule has 4 N–H and O–H groups in total. The minimum Gasteiger partial charge on any atom is -0.462 e. The molecule has 0 aromatic heterocycles. The van der Waals surface area contributed by atoms with Gasteiger partial charge in [-0.25, -0.2) is 14.4 Å². The van der Waals surface area contributed by atoms with E-state index in [4.69, 9.17) is 31.5 Å². The molecule has 5 aromatic rings. The number of unbranched alkanes of at least 4 members (excludes halogenated alkanes) is 7. The minimum absolute atomic E-state index is 0.242. The Morgan fingerprint density at radius 1 is 0.463 bits per heavy atom. The first-order valence-corrected chi connectivity index (χ1v) is 31.4. The van der Waals surface area contributed by atoms with E-state index in [1.54, 1.807) is 6.07 Å². The van der Waals surface area contributed by atoms with Crippen molar-refractivity contribution in [2.45, 2.75) is 201 Å². The van der Waals surface area contributed by atoms with Crippen LogP contribution in [0.2, 0.25) is 5.02 Å². The van der Waals surface area contributed by atoms with Crippen molar-refractivity contribution < 1.29 is 28.6 Å². The van der Waals surface area contributed by atoms with E-state index < -0.39 is 0 Å². The molecule has 3 saturated carbocycles. The summed E-state index contributed by atoms with van der Waals surface area (Å²) in [4.78, 5) is 36.5. The van der Waals surface area contributed by atoms with Gasteiger partial charge in [0.15, 0.2) is 0 Å². The van der Waals surface area contributed by atoms with Crippen LogP contribution in [-0.2, 0) is 46.6 Å². The van der Waals surface area contributed by atoms with Crippen LogP contribution < -0.4 is 16.4 Å². The fourth-order valence-electron chi connectivity index (χ4n) is 11.7. The molecule has 9 nitrogen and oxygen atoms in total. The number of anilines is 3. The van der Waals surface area contributed by atoms with Gasteiger partial charge in [-0.05, 0) is 134 Å². The normalized spacial score (nSPS) is 14.8. The minimum atomic E-state index is -0.271. The molecule has 0 atom stereocenters. The van der Waals surface area contributed by atoms with Crippen LogP contribution >= 0.6 is 11.6 Å². The predicted molar refractivity (Wildman–Crippen MR) is 332 cm³/mol. The maximum absolute atomic E-state index is 12.2. The summed E-state index contributed by atoms with van der Waals surface area (Å²) in [5, 5.41) is 7.80. The Morgan fingerprint density at radius 2 is 0.887 bits per heavy atom. The number of nitrogen functional groups attached to an aromatic ring is 1. The SMILES string of the molecule is CCCCCCCCCCOC(=O)c1ccc(CC2CCCCC2)c(N)c1.CCOC(=O)c1ccc(CC2CCCCC2)c(NCc2cccc(Cl)c2)c1.CCOC(=O)c1ccc(CC2CCCCC2)c(NCc2ccccc2)c1. The molecule has 0 unspecified atom stereocenters. The second-order valence-corrected chi connectivity index (χ2v) is 23.1. The molecule has 0 aliphatic heterocycles. The van der Waals surface area contributed by atoms with Crippen molar-refractivity contribution in [2.75, 3.05) is 36.2 Å². The summed E-state index contributed by atoms with van der Waals surface area (Å²) in [6.07, 6.45) is 33.1. The quantitative estimate of drug-likeness (QED) is 0.0215. The second kappa shape index (κ2) is 36.5. The van der Waals surface area contributed by atoms with E-state index in [0.29, 0.717) is 43.1 Å². The third-order valence-corrected chi connectivity index (χ3v) is 16.5. The molecule has 5 aromatic carbocycles. The highest BCUT2D eigenvalue weighted by Gasteiger charge is 2.21. The topological polar surface area (TPSA) is 129 Å². The summed E-state index contributed by atoms with van der Waals surface area (Å²) in [5.74, 6) is 1.48. The molecular weight excluding hydrogens is 1010 g/mol. The van der Waals surface area contributed by atoms with Gasteiger partial charge in [-0.2, -0.15) is 0 Å². The average molecular weight is 1110 g/mol. The van der Waals surface area contributed by atoms with Gasteiger partial charge in [-0.15, -0.1) is 0 Å². The Labute approximate surface area is 486 Å². The molecule has 434 valence electrons. The monoisotopic (exact) mass is 1110 g/mol. The van der Waals surface area contributed by atoms with E-state index in [2.05, 4.69) is 60.0 Å². The van der Waals surface area contributed by atoms with Crippen molar-refractivity contribution in [1.29, 1.82) is 0 Å². The summed E-state index contributed by atoms with van der Waals surface area (Å²) in [5.41, 5.74) is 16.9. The van der Waals surface area contributed by atoms with Crippen LogP contribution in [0.1, 0.15) is 227 Å². The van der Waals surface area contributed by atoms with Gasteiger partial charge in [0.25, 0.3) is 0 Å². The van der Waals surface area contributed by atoms with Crippen molar-refractivity contribution in [3.8, 4) is 0 Å². The highest BCUT2D eigenvalue weighted by atomic mass is 35.5. The fraction of sp³-hybridized carbons (Fsp3) is 0.529. The van der Waals surface area contributed by atoms with Crippen LogP contribution in [0.3, 0.4) is 0 Å². The van der Waals surface area contributed by atoms with Gasteiger partial charge in [0, 0.05) is 35.2 Å². The summed E-state index contributed by atoms with van der Waals surface area (Å²) in [6, 6.07) is 35.8. The summed E-state index contributed by atoms with van der Waals surface area (Å²) >= 11 is 6.10. The molecule has 3 aliphatic rings. The van der Waals surface area contributed by atoms with Crippen molar-refractivity contribution in [3.63, 3.8) is 0 Å². The molecule has 3 aliphatic carbocycles. The molecule has 8 rings (SSSR count). The standard InChI is InChI=1S/C24H39NO2.C23H28ClNO2.C23H29NO2/c1-2-3-4-5-6-7-8-12-17-27-24(26)22-16-15-21(23(25)19-22)18-20-13-10-9-11-14-20;1-2-27-23(26)20-12-11-19(13-17-7-4-3-5-8-17)22(15-20)25-16-18-9-6-10-21(24)14-18;1-2-26-23(25)21-14-13-20(15-18-9-5-3-6-10-18)22(16-21)24-17-19-11-7-4-8-12-19/h15-16,19-20H,2-14,17-18,25H2,1H3;6,9-12,14-15,17,25H,2-5,7-8,13,16H2,1H3;4,7-8,11-14,16,18,24H,2-3,5-6,9-10,15,17H2,1H3. The lowest BCUT2D eigenvalue weighted by Gasteiger charge is -2.23. The van der Waals surface area contributed by atoms with Gasteiger partial charge >= 0.3 is 17.9 Å². The predicted octanol–water partition coefficient (Wildman–Crippen LogP) is 18.5. The van der Waals surface area contributed by atoms with Crippen LogP contribution in [0.4, 0.5) is 17.1 Å². The third kappa shape index (κ3) is 23.0. The molecule has 0 amide bonds. The van der Waals surface area contributed by atoms with Crippen molar-refractivity contribution in [2.24, 2.45) is 17.8 Å². The number of ether oxygens (including phenoxy) is 3. The number of benzene rings is 5. The largest absolute Gasteiger partial charge is 0.462 e. The van der Waals surface area contributed by atoms with Gasteiger partial charge in [-0.1, -0.05) is 220 Å². The van der Waals surface area contributed by atoms with Gasteiger partial charge in [0.05, 0.1) is 36.5 Å². The zero-order valence-corrected chi connectivity index (χ0v) is 49.7. The van der Waals surface area contributed by atoms with Crippen LogP contribution in [-0.4, -0.2) is 37.7 Å². The maximum atomic E-state index is 12.2. The number of nitrogens with two attached hydrogens (primary N) is 1. The van der Waals surface area contributed by atoms with Crippen molar-refractivity contribution in [3.05, 3.63) is 159 Å². The Bertz CT molecular complexity index is 2580. The average Bonchev–Trinajstić information content (AvgIpc) is 3.50. The van der Waals surface area contributed by atoms with Crippen LogP contribution in [0.25, 0.3) is 0 Å². The van der Waals surface area contributed by atoms with Gasteiger partial charge in [0.1, 0.15) is 0 Å². The molecule has 0 heterocycles. The van der Waals surface area contributed by atoms with E-state index in [1.165, 1.54) is 157 Å². The van der Waals surface area contributed by atoms with Crippen LogP contribution in [0.15, 0.2) is 109 Å². The van der Waals surface area contributed by atoms with Gasteiger partial charge in [-0.3, -0.25) is 0 Å². The van der Waals surface area contributed by atoms with Gasteiger partial charge < -0.3 is 30.6 Å². The summed E-state index contributed by atoms with van der Waals surface area (Å²) in [7, 11) is 0. The molecule has 0 saturated heterocycles. The Hall–Kier alpha value is -5.80. The summed E-state index contributed by atoms with van der Waals surface area (Å²) < 4.78 is 15.8. The number of carbonyl (C=O) groups excluding carboxylic acids is 3. The second-order valence-electron chi connectivity index (χ2n) is 22.7. The smallest absolute Gasteiger partial charge is 0.338 e. The van der Waals surface area contributed by atoms with Gasteiger partial charge in [0.2, 0.25) is 0 Å². The lowest BCUT2D eigenvalue weighted by molar-refractivity contribution is 0.0493. The molecule has 0 spiro atoms. The molecule has 0 bridgehead atoms. The van der Waals surface area contributed by atoms with Crippen LogP contribution in [0, 0.1) is 17.8 Å². The number of esters is 3. The molecule has 80 heavy (non-hydrogen) atoms. The summed E-state index contributed by atoms with van der Waals surface area (Å²) in [6.45, 7) is 8.63. The zero-order chi connectivity index (χ0) is 56.6. The van der Waals surface area contributed by atoms with E-state index in [-0.39, 0.29) is 17.9 Å². The maximum Gasteiger partial charge on any atom is 0.338 e. The molecular formula is C70H96ClN3O6. The third-order valence-electron chi connectivity index (χ3n) is 16.3. The number of nitrogens with one attached hydrogen (secondary N) is 2. The number of hydrogen-bond acceptors (Lipinski definition) is 9. The zero-order valence-electron chi connectivity index (χ0n) is 48.9. The molecule has 0 radical (unpaired) electrons. The first-order valence-electron chi connectivity index (χ1n) is 31.0. The van der Waals surface area contributed by atoms with Crippen molar-refractivity contribution in [1.82, 2.24) is 0 Å². The molecule has 3 fully saturated rings. The van der Waals surface area contributed by atoms with E-state index >= 15 is 0 Å². The number of halogens is 1. The van der Waals surface area contributed by atoms with E-state index in [1.807, 2.05) is 74.5 Å². The Morgan fingerprint density at radius 3 is 1.36 bits per heavy atom. The first kappa shape index (κ1) is 63.4. The lowest BCUT2D eigenvalue weighted by atomic mass is 9.84.